The van der Waals surface area contributed by atoms with Crippen molar-refractivity contribution in [3.63, 3.8) is 0 Å². The molecule has 3 aromatic rings. The summed E-state index contributed by atoms with van der Waals surface area (Å²) >= 11 is 1.30. The third kappa shape index (κ3) is 4.34. The molecule has 1 saturated carbocycles. The van der Waals surface area contributed by atoms with Crippen LogP contribution in [-0.2, 0) is 11.3 Å². The molecule has 2 N–H and O–H groups in total. The molecule has 1 heterocycles. The van der Waals surface area contributed by atoms with Crippen LogP contribution in [0.4, 0.5) is 0 Å². The number of aromatic nitrogens is 1. The molecule has 1 amide bonds. The third-order valence-corrected chi connectivity index (χ3v) is 6.49. The van der Waals surface area contributed by atoms with Crippen molar-refractivity contribution >= 4 is 27.5 Å². The van der Waals surface area contributed by atoms with E-state index < -0.39 is 18.1 Å². The Bertz CT molecular complexity index is 962. The van der Waals surface area contributed by atoms with Crippen LogP contribution in [0.25, 0.3) is 10.2 Å². The molecule has 5 nitrogen and oxygen atoms in total. The highest BCUT2D eigenvalue weighted by molar-refractivity contribution is 7.18. The first-order chi connectivity index (χ1) is 13.9. The van der Waals surface area contributed by atoms with E-state index in [9.17, 15) is 15.0 Å². The minimum Gasteiger partial charge on any atom is -0.383 e. The highest BCUT2D eigenvalue weighted by atomic mass is 32.1. The van der Waals surface area contributed by atoms with Gasteiger partial charge in [-0.1, -0.05) is 50.2 Å². The highest BCUT2D eigenvalue weighted by Gasteiger charge is 2.38. The summed E-state index contributed by atoms with van der Waals surface area (Å²) in [5, 5.41) is 21.6. The van der Waals surface area contributed by atoms with Crippen molar-refractivity contribution < 1.29 is 15.0 Å². The van der Waals surface area contributed by atoms with Crippen molar-refractivity contribution in [2.24, 2.45) is 0 Å². The zero-order valence-electron chi connectivity index (χ0n) is 16.7. The number of aliphatic hydroxyl groups is 2. The Hall–Kier alpha value is -2.28. The Morgan fingerprint density at radius 2 is 1.83 bits per heavy atom. The van der Waals surface area contributed by atoms with Crippen molar-refractivity contribution in [3.8, 4) is 0 Å². The maximum absolute atomic E-state index is 13.0. The van der Waals surface area contributed by atoms with E-state index >= 15 is 0 Å². The summed E-state index contributed by atoms with van der Waals surface area (Å²) in [6.07, 6.45) is -0.991. The third-order valence-electron chi connectivity index (χ3n) is 5.39. The molecule has 0 radical (unpaired) electrons. The number of para-hydroxylation sites is 1. The van der Waals surface area contributed by atoms with E-state index in [2.05, 4.69) is 31.0 Å². The minimum absolute atomic E-state index is 0.129. The molecule has 0 bridgehead atoms. The fourth-order valence-electron chi connectivity index (χ4n) is 3.43. The average molecular weight is 411 g/mol. The number of rotatable bonds is 7. The van der Waals surface area contributed by atoms with Crippen molar-refractivity contribution in [2.45, 2.75) is 57.4 Å². The maximum Gasteiger partial charge on any atom is 0.255 e. The summed E-state index contributed by atoms with van der Waals surface area (Å²) in [7, 11) is 0. The van der Waals surface area contributed by atoms with E-state index in [1.165, 1.54) is 16.9 Å². The van der Waals surface area contributed by atoms with Crippen LogP contribution in [0.1, 0.15) is 54.8 Å². The van der Waals surface area contributed by atoms with Gasteiger partial charge in [-0.2, -0.15) is 0 Å². The monoisotopic (exact) mass is 410 g/mol. The number of carbonyl (C=O) groups excluding carboxylic acids is 1. The van der Waals surface area contributed by atoms with Crippen LogP contribution in [0, 0.1) is 0 Å². The molecular weight excluding hydrogens is 384 g/mol. The fourth-order valence-corrected chi connectivity index (χ4v) is 4.42. The molecule has 4 rings (SSSR count). The molecule has 2 atom stereocenters. The summed E-state index contributed by atoms with van der Waals surface area (Å²) < 4.78 is 0.922. The molecule has 0 spiro atoms. The number of hydrogen-bond donors (Lipinski definition) is 2. The van der Waals surface area contributed by atoms with Gasteiger partial charge in [-0.15, -0.1) is 11.3 Å². The summed E-state index contributed by atoms with van der Waals surface area (Å²) in [5.41, 5.74) is 3.04. The number of amides is 1. The SMILES string of the molecule is CC(C)c1ccc(CN(C(=O)C(O)C(O)c2nc3ccccc3s2)C2CC2)cc1. The lowest BCUT2D eigenvalue weighted by atomic mass is 10.0. The Morgan fingerprint density at radius 1 is 1.14 bits per heavy atom. The first-order valence-electron chi connectivity index (χ1n) is 10.0. The predicted octanol–water partition coefficient (Wildman–Crippen LogP) is 4.01. The van der Waals surface area contributed by atoms with Gasteiger partial charge in [-0.3, -0.25) is 4.79 Å². The normalized spacial score (nSPS) is 16.2. The van der Waals surface area contributed by atoms with Crippen molar-refractivity contribution in [1.29, 1.82) is 0 Å². The van der Waals surface area contributed by atoms with E-state index in [1.54, 1.807) is 4.90 Å². The maximum atomic E-state index is 13.0. The van der Waals surface area contributed by atoms with Crippen LogP contribution < -0.4 is 0 Å². The van der Waals surface area contributed by atoms with Crippen LogP contribution in [0.3, 0.4) is 0 Å². The second kappa shape index (κ2) is 8.22. The van der Waals surface area contributed by atoms with E-state index in [-0.39, 0.29) is 6.04 Å². The average Bonchev–Trinajstić information content (AvgIpc) is 3.48. The number of benzene rings is 2. The highest BCUT2D eigenvalue weighted by Crippen LogP contribution is 2.32. The first-order valence-corrected chi connectivity index (χ1v) is 10.9. The van der Waals surface area contributed by atoms with Crippen molar-refractivity contribution in [1.82, 2.24) is 9.88 Å². The molecule has 1 fully saturated rings. The van der Waals surface area contributed by atoms with Crippen LogP contribution >= 0.6 is 11.3 Å². The molecule has 29 heavy (non-hydrogen) atoms. The summed E-state index contributed by atoms with van der Waals surface area (Å²) in [6, 6.07) is 15.9. The van der Waals surface area contributed by atoms with E-state index in [0.717, 1.165) is 28.6 Å². The number of hydrogen-bond acceptors (Lipinski definition) is 5. The lowest BCUT2D eigenvalue weighted by molar-refractivity contribution is -0.147. The number of carbonyl (C=O) groups is 1. The topological polar surface area (TPSA) is 73.7 Å². The minimum atomic E-state index is -1.52. The first kappa shape index (κ1) is 20.0. The van der Waals surface area contributed by atoms with Crippen LogP contribution in [-0.4, -0.2) is 38.1 Å². The van der Waals surface area contributed by atoms with Gasteiger partial charge in [0.1, 0.15) is 11.1 Å². The van der Waals surface area contributed by atoms with E-state index in [0.29, 0.717) is 17.5 Å². The van der Waals surface area contributed by atoms with E-state index in [4.69, 9.17) is 0 Å². The Kier molecular flexibility index (Phi) is 5.67. The zero-order valence-corrected chi connectivity index (χ0v) is 17.5. The van der Waals surface area contributed by atoms with Gasteiger partial charge < -0.3 is 15.1 Å². The lowest BCUT2D eigenvalue weighted by Gasteiger charge is -2.27. The molecule has 1 aliphatic rings. The van der Waals surface area contributed by atoms with Gasteiger partial charge in [-0.05, 0) is 42.0 Å². The molecular formula is C23H26N2O3S. The molecule has 2 unspecified atom stereocenters. The quantitative estimate of drug-likeness (QED) is 0.617. The van der Waals surface area contributed by atoms with Crippen molar-refractivity contribution in [2.75, 3.05) is 0 Å². The molecule has 2 aromatic carbocycles. The van der Waals surface area contributed by atoms with E-state index in [1.807, 2.05) is 36.4 Å². The molecule has 6 heteroatoms. The number of thiazole rings is 1. The number of nitrogens with zero attached hydrogens (tertiary/aromatic N) is 2. The zero-order chi connectivity index (χ0) is 20.5. The molecule has 0 aliphatic heterocycles. The van der Waals surface area contributed by atoms with Gasteiger partial charge in [0.25, 0.3) is 5.91 Å². The van der Waals surface area contributed by atoms with Gasteiger partial charge in [0.15, 0.2) is 6.10 Å². The lowest BCUT2D eigenvalue weighted by Crippen LogP contribution is -2.42. The van der Waals surface area contributed by atoms with Crippen molar-refractivity contribution in [3.05, 3.63) is 64.7 Å². The molecule has 1 aliphatic carbocycles. The van der Waals surface area contributed by atoms with Gasteiger partial charge in [0.05, 0.1) is 10.2 Å². The molecule has 152 valence electrons. The Balaban J connectivity index is 1.50. The predicted molar refractivity (Wildman–Crippen MR) is 115 cm³/mol. The summed E-state index contributed by atoms with van der Waals surface area (Å²) in [6.45, 7) is 4.73. The van der Waals surface area contributed by atoms with Gasteiger partial charge in [0.2, 0.25) is 0 Å². The number of aliphatic hydroxyl groups excluding tert-OH is 2. The van der Waals surface area contributed by atoms with Gasteiger partial charge in [0, 0.05) is 12.6 Å². The van der Waals surface area contributed by atoms with Crippen LogP contribution in [0.5, 0.6) is 0 Å². The second-order valence-corrected chi connectivity index (χ2v) is 9.07. The standard InChI is InChI=1S/C23H26N2O3S/c1-14(2)16-9-7-15(8-10-16)13-25(17-11-12-17)23(28)21(27)20(26)22-24-18-5-3-4-6-19(18)29-22/h3-10,14,17,20-21,26-27H,11-13H2,1-2H3. The second-order valence-electron chi connectivity index (χ2n) is 8.00. The van der Waals surface area contributed by atoms with Gasteiger partial charge in [-0.25, -0.2) is 4.98 Å². The Morgan fingerprint density at radius 3 is 2.45 bits per heavy atom. The van der Waals surface area contributed by atoms with Crippen LogP contribution in [0.15, 0.2) is 48.5 Å². The van der Waals surface area contributed by atoms with Gasteiger partial charge >= 0.3 is 0 Å². The fraction of sp³-hybridized carbons (Fsp3) is 0.391. The molecule has 0 saturated heterocycles. The largest absolute Gasteiger partial charge is 0.383 e. The molecule has 1 aromatic heterocycles. The number of fused-ring (bicyclic) bond motifs is 1. The Labute approximate surface area is 174 Å². The smallest absolute Gasteiger partial charge is 0.255 e. The summed E-state index contributed by atoms with van der Waals surface area (Å²) in [5.74, 6) is 0.0168. The van der Waals surface area contributed by atoms with Crippen LogP contribution in [0.2, 0.25) is 0 Å². The summed E-state index contributed by atoms with van der Waals surface area (Å²) in [4.78, 5) is 19.1.